The minimum atomic E-state index is -0.684. The van der Waals surface area contributed by atoms with Gasteiger partial charge in [0.25, 0.3) is 5.91 Å². The third-order valence-electron chi connectivity index (χ3n) is 5.11. The van der Waals surface area contributed by atoms with E-state index in [1.165, 1.54) is 28.0 Å². The minimum Gasteiger partial charge on any atom is -0.444 e. The van der Waals surface area contributed by atoms with Gasteiger partial charge in [-0.05, 0) is 51.2 Å². The molecule has 170 valence electrons. The number of carbonyl (C=O) groups excluding carboxylic acids is 3. The number of anilines is 1. The molecule has 0 spiro atoms. The van der Waals surface area contributed by atoms with Gasteiger partial charge in [0.2, 0.25) is 5.91 Å². The number of thioether (sulfide) groups is 1. The minimum absolute atomic E-state index is 0.335. The van der Waals surface area contributed by atoms with E-state index in [1.807, 2.05) is 18.2 Å². The highest BCUT2D eigenvalue weighted by molar-refractivity contribution is 8.00. The molecule has 1 aromatic heterocycles. The Bertz CT molecular complexity index is 1060. The van der Waals surface area contributed by atoms with Crippen molar-refractivity contribution in [3.63, 3.8) is 0 Å². The molecule has 0 radical (unpaired) electrons. The van der Waals surface area contributed by atoms with Crippen LogP contribution in [0.25, 0.3) is 11.3 Å². The maximum absolute atomic E-state index is 12.9. The quantitative estimate of drug-likeness (QED) is 0.676. The van der Waals surface area contributed by atoms with E-state index >= 15 is 0 Å². The predicted octanol–water partition coefficient (Wildman–Crippen LogP) is 4.03. The average Bonchev–Trinajstić information content (AvgIpc) is 3.25. The summed E-state index contributed by atoms with van der Waals surface area (Å²) in [6, 6.07) is 5.72. The van der Waals surface area contributed by atoms with Gasteiger partial charge in [-0.15, -0.1) is 23.1 Å². The summed E-state index contributed by atoms with van der Waals surface area (Å²) in [6.07, 6.45) is 1.75. The second-order valence-corrected chi connectivity index (χ2v) is 10.9. The number of thiazole rings is 1. The van der Waals surface area contributed by atoms with Crippen molar-refractivity contribution >= 4 is 46.1 Å². The smallest absolute Gasteiger partial charge is 0.411 e. The Morgan fingerprint density at radius 2 is 2.00 bits per heavy atom. The molecule has 1 aliphatic carbocycles. The first-order chi connectivity index (χ1) is 15.1. The number of nitrogens with one attached hydrogen (secondary N) is 1. The Kier molecular flexibility index (Phi) is 6.17. The van der Waals surface area contributed by atoms with E-state index < -0.39 is 23.0 Å². The predicted molar refractivity (Wildman–Crippen MR) is 126 cm³/mol. The van der Waals surface area contributed by atoms with Gasteiger partial charge < -0.3 is 10.5 Å². The van der Waals surface area contributed by atoms with E-state index in [0.717, 1.165) is 18.4 Å². The lowest BCUT2D eigenvalue weighted by molar-refractivity contribution is -0.118. The molecule has 10 heteroatoms. The maximum Gasteiger partial charge on any atom is 0.411 e. The molecule has 1 saturated carbocycles. The van der Waals surface area contributed by atoms with Crippen molar-refractivity contribution in [2.75, 3.05) is 17.6 Å². The Morgan fingerprint density at radius 1 is 1.25 bits per heavy atom. The molecule has 1 aliphatic heterocycles. The van der Waals surface area contributed by atoms with Gasteiger partial charge in [0.15, 0.2) is 10.5 Å². The van der Waals surface area contributed by atoms with E-state index in [1.54, 1.807) is 26.2 Å². The Labute approximate surface area is 194 Å². The summed E-state index contributed by atoms with van der Waals surface area (Å²) in [6.45, 7) is 5.81. The number of benzene rings is 1. The molecular formula is C22H26N4O4S2. The van der Waals surface area contributed by atoms with Crippen LogP contribution < -0.4 is 11.1 Å². The fourth-order valence-electron chi connectivity index (χ4n) is 3.48. The summed E-state index contributed by atoms with van der Waals surface area (Å²) in [5.74, 6) is 0.314. The largest absolute Gasteiger partial charge is 0.444 e. The number of nitrogens with zero attached hydrogens (tertiary/aromatic N) is 2. The van der Waals surface area contributed by atoms with Gasteiger partial charge in [0, 0.05) is 28.8 Å². The molecule has 1 unspecified atom stereocenters. The molecule has 2 fully saturated rings. The normalized spacial score (nSPS) is 18.5. The summed E-state index contributed by atoms with van der Waals surface area (Å²) < 4.78 is 5.42. The fraction of sp³-hybridized carbons (Fsp3) is 0.455. The van der Waals surface area contributed by atoms with Gasteiger partial charge in [-0.25, -0.2) is 9.78 Å². The number of hydrogen-bond acceptors (Lipinski definition) is 7. The van der Waals surface area contributed by atoms with Crippen LogP contribution in [0.5, 0.6) is 0 Å². The van der Waals surface area contributed by atoms with Gasteiger partial charge >= 0.3 is 6.09 Å². The number of hydrogen-bond donors (Lipinski definition) is 2. The average molecular weight is 475 g/mol. The van der Waals surface area contributed by atoms with Crippen molar-refractivity contribution in [1.82, 2.24) is 9.88 Å². The van der Waals surface area contributed by atoms with E-state index in [0.29, 0.717) is 40.2 Å². The second-order valence-electron chi connectivity index (χ2n) is 8.87. The molecule has 3 N–H and O–H groups in total. The van der Waals surface area contributed by atoms with Crippen LogP contribution >= 0.6 is 23.1 Å². The van der Waals surface area contributed by atoms with Gasteiger partial charge in [0.05, 0.1) is 5.69 Å². The summed E-state index contributed by atoms with van der Waals surface area (Å²) >= 11 is 2.64. The molecule has 3 amide bonds. The van der Waals surface area contributed by atoms with Crippen LogP contribution in [0.15, 0.2) is 23.6 Å². The lowest BCUT2D eigenvalue weighted by Crippen LogP contribution is -2.44. The highest BCUT2D eigenvalue weighted by Gasteiger charge is 2.37. The van der Waals surface area contributed by atoms with Gasteiger partial charge in [-0.1, -0.05) is 12.1 Å². The highest BCUT2D eigenvalue weighted by Crippen LogP contribution is 2.41. The van der Waals surface area contributed by atoms with Crippen LogP contribution in [0, 0.1) is 0 Å². The third-order valence-corrected chi connectivity index (χ3v) is 7.07. The van der Waals surface area contributed by atoms with Crippen LogP contribution in [0.1, 0.15) is 55.5 Å². The molecule has 2 aliphatic rings. The molecule has 32 heavy (non-hydrogen) atoms. The number of rotatable bonds is 5. The van der Waals surface area contributed by atoms with E-state index in [9.17, 15) is 14.4 Å². The monoisotopic (exact) mass is 474 g/mol. The van der Waals surface area contributed by atoms with Crippen molar-refractivity contribution in [2.45, 2.75) is 50.5 Å². The topological polar surface area (TPSA) is 115 Å². The van der Waals surface area contributed by atoms with Crippen molar-refractivity contribution in [3.8, 4) is 11.3 Å². The van der Waals surface area contributed by atoms with Crippen LogP contribution in [-0.4, -0.2) is 51.1 Å². The van der Waals surface area contributed by atoms with E-state index in [4.69, 9.17) is 10.5 Å². The lowest BCUT2D eigenvalue weighted by Gasteiger charge is -2.27. The van der Waals surface area contributed by atoms with Crippen LogP contribution in [0.4, 0.5) is 9.93 Å². The van der Waals surface area contributed by atoms with Crippen LogP contribution in [0.2, 0.25) is 0 Å². The van der Waals surface area contributed by atoms with Crippen LogP contribution in [0.3, 0.4) is 0 Å². The number of primary amides is 1. The van der Waals surface area contributed by atoms with Gasteiger partial charge in [0.1, 0.15) is 5.60 Å². The molecule has 8 nitrogen and oxygen atoms in total. The lowest BCUT2D eigenvalue weighted by atomic mass is 9.99. The number of amides is 3. The Morgan fingerprint density at radius 3 is 2.66 bits per heavy atom. The molecule has 1 saturated heterocycles. The number of aromatic nitrogens is 1. The van der Waals surface area contributed by atoms with Crippen molar-refractivity contribution in [3.05, 3.63) is 34.7 Å². The number of ether oxygens (including phenoxy) is 1. The maximum atomic E-state index is 12.9. The highest BCUT2D eigenvalue weighted by atomic mass is 32.2. The third kappa shape index (κ3) is 5.07. The van der Waals surface area contributed by atoms with E-state index in [2.05, 4.69) is 10.3 Å². The summed E-state index contributed by atoms with van der Waals surface area (Å²) in [4.78, 5) is 43.3. The van der Waals surface area contributed by atoms with E-state index in [-0.39, 0.29) is 5.91 Å². The molecule has 1 aromatic carbocycles. The van der Waals surface area contributed by atoms with Crippen LogP contribution in [-0.2, 0) is 9.53 Å². The molecule has 2 aromatic rings. The SMILES string of the molecule is CC(C)(C)OC(=O)N1CCSC1C(=O)Nc1nc(-c2ccc(C3CC3)cc2C(N)=O)cs1. The fourth-order valence-corrected chi connectivity index (χ4v) is 5.30. The zero-order valence-corrected chi connectivity index (χ0v) is 19.8. The molecule has 4 rings (SSSR count). The number of carbonyl (C=O) groups is 3. The van der Waals surface area contributed by atoms with Gasteiger partial charge in [-0.2, -0.15) is 0 Å². The molecule has 2 heterocycles. The zero-order valence-electron chi connectivity index (χ0n) is 18.2. The summed E-state index contributed by atoms with van der Waals surface area (Å²) in [5, 5.41) is 4.28. The summed E-state index contributed by atoms with van der Waals surface area (Å²) in [7, 11) is 0. The Hall–Kier alpha value is -2.59. The first kappa shape index (κ1) is 22.6. The first-order valence-corrected chi connectivity index (χ1v) is 12.4. The first-order valence-electron chi connectivity index (χ1n) is 10.4. The number of nitrogens with two attached hydrogens (primary N) is 1. The molecule has 1 atom stereocenters. The Balaban J connectivity index is 1.48. The zero-order chi connectivity index (χ0) is 23.0. The van der Waals surface area contributed by atoms with Crippen molar-refractivity contribution in [1.29, 1.82) is 0 Å². The molecule has 0 bridgehead atoms. The van der Waals surface area contributed by atoms with Gasteiger partial charge in [-0.3, -0.25) is 19.8 Å². The molecular weight excluding hydrogens is 448 g/mol. The van der Waals surface area contributed by atoms with Crippen molar-refractivity contribution in [2.24, 2.45) is 5.73 Å². The second kappa shape index (κ2) is 8.74. The summed E-state index contributed by atoms with van der Waals surface area (Å²) in [5.41, 5.74) is 7.74. The standard InChI is InChI=1S/C22H26N4O4S2/c1-22(2,3)30-21(29)26-8-9-31-19(26)18(28)25-20-24-16(11-32-20)14-7-6-13(12-4-5-12)10-15(14)17(23)27/h6-7,10-12,19H,4-5,8-9H2,1-3H3,(H2,23,27)(H,24,25,28). The van der Waals surface area contributed by atoms with Crippen molar-refractivity contribution < 1.29 is 19.1 Å².